The molecule has 3 aromatic rings. The van der Waals surface area contributed by atoms with Crippen LogP contribution in [0.2, 0.25) is 0 Å². The van der Waals surface area contributed by atoms with Gasteiger partial charge in [0.1, 0.15) is 0 Å². The van der Waals surface area contributed by atoms with Crippen LogP contribution < -0.4 is 5.32 Å². The van der Waals surface area contributed by atoms with Crippen LogP contribution in [0.5, 0.6) is 0 Å². The van der Waals surface area contributed by atoms with Crippen LogP contribution >= 0.6 is 11.8 Å². The highest BCUT2D eigenvalue weighted by Crippen LogP contribution is 2.29. The van der Waals surface area contributed by atoms with Crippen LogP contribution in [-0.4, -0.2) is 31.4 Å². The van der Waals surface area contributed by atoms with Gasteiger partial charge in [-0.25, -0.2) is 0 Å². The lowest BCUT2D eigenvalue weighted by Gasteiger charge is -2.17. The quantitative estimate of drug-likeness (QED) is 0.561. The van der Waals surface area contributed by atoms with Gasteiger partial charge >= 0.3 is 0 Å². The Morgan fingerprint density at radius 3 is 2.66 bits per heavy atom. The van der Waals surface area contributed by atoms with Crippen molar-refractivity contribution in [2.24, 2.45) is 0 Å². The third-order valence-corrected chi connectivity index (χ3v) is 6.29. The third-order valence-electron chi connectivity index (χ3n) is 5.26. The summed E-state index contributed by atoms with van der Waals surface area (Å²) in [5.41, 5.74) is 5.23. The van der Waals surface area contributed by atoms with Crippen LogP contribution in [0.3, 0.4) is 0 Å². The van der Waals surface area contributed by atoms with E-state index in [4.69, 9.17) is 0 Å². The molecule has 3 rings (SSSR count). The number of amides is 1. The number of para-hydroxylation sites is 1. The highest BCUT2D eigenvalue weighted by Gasteiger charge is 2.21. The molecule has 0 bridgehead atoms. The molecule has 7 heteroatoms. The molecule has 0 aliphatic carbocycles. The van der Waals surface area contributed by atoms with E-state index in [2.05, 4.69) is 53.7 Å². The first-order valence-corrected chi connectivity index (χ1v) is 10.7. The van der Waals surface area contributed by atoms with E-state index in [-0.39, 0.29) is 11.2 Å². The van der Waals surface area contributed by atoms with Crippen LogP contribution in [0.25, 0.3) is 5.69 Å². The number of rotatable bonds is 7. The Labute approximate surface area is 176 Å². The van der Waals surface area contributed by atoms with Crippen molar-refractivity contribution in [1.29, 1.82) is 0 Å². The second kappa shape index (κ2) is 9.22. The standard InChI is InChI=1S/C22H27N5OS/c1-6-14(2)18-11-7-8-12-19(18)23-21(28)17(5)29-22-24-25-26-27(22)20-13-9-10-15(3)16(20)4/h7-14,17H,6H2,1-5H3,(H,23,28)/t14-,17-/m1/s1. The maximum atomic E-state index is 12.9. The number of carbonyl (C=O) groups is 1. The van der Waals surface area contributed by atoms with Crippen LogP contribution in [0, 0.1) is 13.8 Å². The van der Waals surface area contributed by atoms with Gasteiger partial charge in [-0.05, 0) is 72.4 Å². The Morgan fingerprint density at radius 2 is 1.90 bits per heavy atom. The maximum Gasteiger partial charge on any atom is 0.237 e. The van der Waals surface area contributed by atoms with E-state index < -0.39 is 0 Å². The summed E-state index contributed by atoms with van der Waals surface area (Å²) in [5.74, 6) is 0.312. The van der Waals surface area contributed by atoms with Crippen molar-refractivity contribution >= 4 is 23.4 Å². The van der Waals surface area contributed by atoms with E-state index in [9.17, 15) is 4.79 Å². The van der Waals surface area contributed by atoms with Crippen LogP contribution in [-0.2, 0) is 4.79 Å². The molecular formula is C22H27N5OS. The lowest BCUT2D eigenvalue weighted by atomic mass is 9.97. The van der Waals surface area contributed by atoms with Gasteiger partial charge in [0.25, 0.3) is 0 Å². The second-order valence-corrected chi connectivity index (χ2v) is 8.55. The van der Waals surface area contributed by atoms with Gasteiger partial charge in [0, 0.05) is 5.69 Å². The minimum Gasteiger partial charge on any atom is -0.325 e. The molecule has 2 atom stereocenters. The number of hydrogen-bond donors (Lipinski definition) is 1. The van der Waals surface area contributed by atoms with Gasteiger partial charge in [-0.3, -0.25) is 4.79 Å². The summed E-state index contributed by atoms with van der Waals surface area (Å²) in [5, 5.41) is 15.4. The lowest BCUT2D eigenvalue weighted by molar-refractivity contribution is -0.115. The molecule has 1 N–H and O–H groups in total. The number of anilines is 1. The Kier molecular flexibility index (Phi) is 6.69. The van der Waals surface area contributed by atoms with Gasteiger partial charge in [-0.2, -0.15) is 4.68 Å². The molecule has 1 heterocycles. The van der Waals surface area contributed by atoms with E-state index in [1.165, 1.54) is 17.3 Å². The summed E-state index contributed by atoms with van der Waals surface area (Å²) in [7, 11) is 0. The molecule has 152 valence electrons. The smallest absolute Gasteiger partial charge is 0.237 e. The average Bonchev–Trinajstić information content (AvgIpc) is 3.17. The Hall–Kier alpha value is -2.67. The van der Waals surface area contributed by atoms with E-state index in [1.54, 1.807) is 4.68 Å². The molecule has 1 aromatic heterocycles. The number of thioether (sulfide) groups is 1. The largest absolute Gasteiger partial charge is 0.325 e. The summed E-state index contributed by atoms with van der Waals surface area (Å²) in [6, 6.07) is 14.0. The van der Waals surface area contributed by atoms with Crippen LogP contribution in [0.15, 0.2) is 47.6 Å². The van der Waals surface area contributed by atoms with E-state index in [0.717, 1.165) is 28.9 Å². The first kappa shape index (κ1) is 21.0. The summed E-state index contributed by atoms with van der Waals surface area (Å²) in [4.78, 5) is 12.9. The number of nitrogens with one attached hydrogen (secondary N) is 1. The highest BCUT2D eigenvalue weighted by atomic mass is 32.2. The molecule has 0 spiro atoms. The van der Waals surface area contributed by atoms with Gasteiger partial charge in [-0.15, -0.1) is 5.10 Å². The number of carbonyl (C=O) groups excluding carboxylic acids is 1. The molecule has 0 aliphatic heterocycles. The predicted molar refractivity (Wildman–Crippen MR) is 118 cm³/mol. The molecule has 0 saturated heterocycles. The van der Waals surface area contributed by atoms with Crippen molar-refractivity contribution in [2.75, 3.05) is 5.32 Å². The number of nitrogens with zero attached hydrogens (tertiary/aromatic N) is 4. The fraction of sp³-hybridized carbons (Fsp3) is 0.364. The molecule has 0 unspecified atom stereocenters. The lowest BCUT2D eigenvalue weighted by Crippen LogP contribution is -2.23. The number of aryl methyl sites for hydroxylation is 1. The Bertz CT molecular complexity index is 1000. The second-order valence-electron chi connectivity index (χ2n) is 7.24. The summed E-state index contributed by atoms with van der Waals surface area (Å²) in [6.45, 7) is 10.3. The minimum atomic E-state index is -0.352. The molecule has 0 fully saturated rings. The van der Waals surface area contributed by atoms with Gasteiger partial charge in [0.2, 0.25) is 11.1 Å². The van der Waals surface area contributed by atoms with Crippen LogP contribution in [0.1, 0.15) is 49.8 Å². The molecular weight excluding hydrogens is 382 g/mol. The first-order chi connectivity index (χ1) is 13.9. The minimum absolute atomic E-state index is 0.0683. The third kappa shape index (κ3) is 4.67. The zero-order chi connectivity index (χ0) is 21.0. The van der Waals surface area contributed by atoms with Crippen molar-refractivity contribution in [3.63, 3.8) is 0 Å². The maximum absolute atomic E-state index is 12.9. The predicted octanol–water partition coefficient (Wildman–Crippen LogP) is 4.91. The fourth-order valence-electron chi connectivity index (χ4n) is 3.08. The molecule has 0 aliphatic rings. The molecule has 6 nitrogen and oxygen atoms in total. The van der Waals surface area contributed by atoms with Crippen molar-refractivity contribution in [2.45, 2.75) is 57.4 Å². The SMILES string of the molecule is CC[C@@H](C)c1ccccc1NC(=O)[C@@H](C)Sc1nnnn1-c1cccc(C)c1C. The molecule has 1 amide bonds. The van der Waals surface area contributed by atoms with Crippen molar-refractivity contribution < 1.29 is 4.79 Å². The van der Waals surface area contributed by atoms with Gasteiger partial charge in [0.05, 0.1) is 10.9 Å². The monoisotopic (exact) mass is 409 g/mol. The van der Waals surface area contributed by atoms with Crippen molar-refractivity contribution in [3.8, 4) is 5.69 Å². The molecule has 2 aromatic carbocycles. The molecule has 29 heavy (non-hydrogen) atoms. The fourth-order valence-corrected chi connectivity index (χ4v) is 3.88. The highest BCUT2D eigenvalue weighted by molar-refractivity contribution is 8.00. The molecule has 0 saturated carbocycles. The van der Waals surface area contributed by atoms with E-state index in [0.29, 0.717) is 11.1 Å². The zero-order valence-electron chi connectivity index (χ0n) is 17.5. The normalized spacial score (nSPS) is 13.1. The zero-order valence-corrected chi connectivity index (χ0v) is 18.3. The number of aromatic nitrogens is 4. The molecule has 0 radical (unpaired) electrons. The summed E-state index contributed by atoms with van der Waals surface area (Å²) in [6.07, 6.45) is 1.02. The van der Waals surface area contributed by atoms with Gasteiger partial charge < -0.3 is 5.32 Å². The Balaban J connectivity index is 1.77. The summed E-state index contributed by atoms with van der Waals surface area (Å²) >= 11 is 1.35. The van der Waals surface area contributed by atoms with E-state index in [1.807, 2.05) is 44.2 Å². The van der Waals surface area contributed by atoms with Crippen molar-refractivity contribution in [1.82, 2.24) is 20.2 Å². The van der Waals surface area contributed by atoms with E-state index >= 15 is 0 Å². The Morgan fingerprint density at radius 1 is 1.14 bits per heavy atom. The average molecular weight is 410 g/mol. The van der Waals surface area contributed by atoms with Gasteiger partial charge in [-0.1, -0.05) is 55.9 Å². The van der Waals surface area contributed by atoms with Crippen molar-refractivity contribution in [3.05, 3.63) is 59.2 Å². The number of hydrogen-bond acceptors (Lipinski definition) is 5. The van der Waals surface area contributed by atoms with Crippen LogP contribution in [0.4, 0.5) is 5.69 Å². The number of tetrazole rings is 1. The summed E-state index contributed by atoms with van der Waals surface area (Å²) < 4.78 is 1.70. The first-order valence-electron chi connectivity index (χ1n) is 9.83. The topological polar surface area (TPSA) is 72.7 Å². The number of benzene rings is 2. The van der Waals surface area contributed by atoms with Gasteiger partial charge in [0.15, 0.2) is 0 Å².